The summed E-state index contributed by atoms with van der Waals surface area (Å²) in [7, 11) is 1.60. The van der Waals surface area contributed by atoms with E-state index in [-0.39, 0.29) is 25.2 Å². The van der Waals surface area contributed by atoms with Crippen LogP contribution in [0.25, 0.3) is 21.5 Å². The first-order chi connectivity index (χ1) is 13.7. The highest BCUT2D eigenvalue weighted by Crippen LogP contribution is 2.42. The predicted octanol–water partition coefficient (Wildman–Crippen LogP) is 3.15. The van der Waals surface area contributed by atoms with Crippen LogP contribution in [-0.4, -0.2) is 40.7 Å². The lowest BCUT2D eigenvalue weighted by Gasteiger charge is -2.33. The summed E-state index contributed by atoms with van der Waals surface area (Å²) in [6.07, 6.45) is 2.93. The number of rotatable bonds is 3. The fourth-order valence-corrected chi connectivity index (χ4v) is 4.99. The lowest BCUT2D eigenvalue weighted by atomic mass is 9.84. The molecule has 0 spiro atoms. The second kappa shape index (κ2) is 6.47. The number of aliphatic hydroxyl groups is 2. The monoisotopic (exact) mass is 377 g/mol. The first-order valence-corrected chi connectivity index (χ1v) is 9.77. The number of amides is 1. The van der Waals surface area contributed by atoms with Crippen molar-refractivity contribution in [3.05, 3.63) is 52.6 Å². The molecule has 5 rings (SSSR count). The minimum absolute atomic E-state index is 0.0559. The summed E-state index contributed by atoms with van der Waals surface area (Å²) in [6.45, 7) is 0.649. The molecule has 1 unspecified atom stereocenters. The number of carbonyl (C=O) groups excluding carboxylic acids is 1. The second-order valence-corrected chi connectivity index (χ2v) is 7.76. The molecule has 0 radical (unpaired) electrons. The van der Waals surface area contributed by atoms with E-state index in [9.17, 15) is 15.0 Å². The summed E-state index contributed by atoms with van der Waals surface area (Å²) >= 11 is 0. The molecule has 1 fully saturated rings. The number of benzene rings is 3. The molecule has 2 aliphatic rings. The topological polar surface area (TPSA) is 70.0 Å². The van der Waals surface area contributed by atoms with E-state index >= 15 is 0 Å². The van der Waals surface area contributed by atoms with Crippen LogP contribution in [0.15, 0.2) is 30.3 Å². The summed E-state index contributed by atoms with van der Waals surface area (Å²) in [5.74, 6) is 0.744. The van der Waals surface area contributed by atoms with Crippen molar-refractivity contribution in [3.63, 3.8) is 0 Å². The van der Waals surface area contributed by atoms with Gasteiger partial charge in [-0.25, -0.2) is 0 Å². The molecule has 0 saturated carbocycles. The molecular formula is C23H23NO4. The van der Waals surface area contributed by atoms with Crippen LogP contribution in [0.3, 0.4) is 0 Å². The van der Waals surface area contributed by atoms with E-state index < -0.39 is 0 Å². The fourth-order valence-electron chi connectivity index (χ4n) is 4.99. The Bertz CT molecular complexity index is 1120. The van der Waals surface area contributed by atoms with Crippen molar-refractivity contribution in [2.75, 3.05) is 13.7 Å². The maximum Gasteiger partial charge on any atom is 0.255 e. The van der Waals surface area contributed by atoms with Crippen LogP contribution in [0.4, 0.5) is 0 Å². The van der Waals surface area contributed by atoms with Crippen LogP contribution in [0.5, 0.6) is 5.75 Å². The number of hydrogen-bond donors (Lipinski definition) is 2. The Hall–Kier alpha value is -2.63. The molecule has 1 amide bonds. The van der Waals surface area contributed by atoms with E-state index in [2.05, 4.69) is 0 Å². The zero-order chi connectivity index (χ0) is 19.4. The Labute approximate surface area is 163 Å². The van der Waals surface area contributed by atoms with Gasteiger partial charge in [-0.15, -0.1) is 0 Å². The van der Waals surface area contributed by atoms with Gasteiger partial charge in [0.2, 0.25) is 0 Å². The zero-order valence-electron chi connectivity index (χ0n) is 15.9. The Morgan fingerprint density at radius 1 is 1.07 bits per heavy atom. The normalized spacial score (nSPS) is 18.6. The van der Waals surface area contributed by atoms with Gasteiger partial charge in [0.15, 0.2) is 0 Å². The quantitative estimate of drug-likeness (QED) is 0.688. The van der Waals surface area contributed by atoms with Gasteiger partial charge < -0.3 is 19.8 Å². The van der Waals surface area contributed by atoms with Crippen molar-refractivity contribution in [1.29, 1.82) is 0 Å². The summed E-state index contributed by atoms with van der Waals surface area (Å²) < 4.78 is 5.51. The van der Waals surface area contributed by atoms with Crippen molar-refractivity contribution < 1.29 is 19.7 Å². The third kappa shape index (κ3) is 2.36. The first-order valence-electron chi connectivity index (χ1n) is 9.77. The van der Waals surface area contributed by atoms with Crippen LogP contribution in [-0.2, 0) is 19.6 Å². The van der Waals surface area contributed by atoms with Gasteiger partial charge in [-0.3, -0.25) is 4.79 Å². The van der Waals surface area contributed by atoms with Crippen molar-refractivity contribution in [2.24, 2.45) is 0 Å². The summed E-state index contributed by atoms with van der Waals surface area (Å²) in [6, 6.07) is 9.98. The molecule has 144 valence electrons. The van der Waals surface area contributed by atoms with Gasteiger partial charge in [0.1, 0.15) is 5.75 Å². The Balaban J connectivity index is 1.93. The molecule has 28 heavy (non-hydrogen) atoms. The predicted molar refractivity (Wildman–Crippen MR) is 108 cm³/mol. The van der Waals surface area contributed by atoms with Crippen molar-refractivity contribution >= 4 is 27.5 Å². The summed E-state index contributed by atoms with van der Waals surface area (Å²) in [5, 5.41) is 23.3. The first kappa shape index (κ1) is 17.5. The van der Waals surface area contributed by atoms with Gasteiger partial charge in [-0.1, -0.05) is 12.1 Å². The number of methoxy groups -OCH3 is 1. The van der Waals surface area contributed by atoms with E-state index in [4.69, 9.17) is 4.74 Å². The van der Waals surface area contributed by atoms with E-state index in [1.807, 2.05) is 35.2 Å². The average Bonchev–Trinajstić information content (AvgIpc) is 3.21. The lowest BCUT2D eigenvalue weighted by Crippen LogP contribution is -2.41. The lowest BCUT2D eigenvalue weighted by molar-refractivity contribution is 0.0717. The molecule has 3 aromatic carbocycles. The summed E-state index contributed by atoms with van der Waals surface area (Å²) in [5.41, 5.74) is 3.38. The van der Waals surface area contributed by atoms with Gasteiger partial charge >= 0.3 is 0 Å². The highest BCUT2D eigenvalue weighted by Gasteiger charge is 2.37. The standard InChI is InChI=1S/C23H23NO4/c1-28-21-10-19-18(8-14(21)12-26)17-7-13(11-25)4-5-16(17)22-20(19)9-15-3-2-6-24(15)23(22)27/h4-5,7-8,10,15,25-26H,2-3,6,9,11-12H2,1H3. The highest BCUT2D eigenvalue weighted by atomic mass is 16.5. The van der Waals surface area contributed by atoms with Crippen LogP contribution in [0, 0.1) is 0 Å². The van der Waals surface area contributed by atoms with Crippen molar-refractivity contribution in [2.45, 2.75) is 38.5 Å². The molecule has 3 aromatic rings. The molecule has 0 bridgehead atoms. The maximum absolute atomic E-state index is 13.4. The maximum atomic E-state index is 13.4. The third-order valence-electron chi connectivity index (χ3n) is 6.34. The minimum atomic E-state index is -0.118. The van der Waals surface area contributed by atoms with Crippen LogP contribution < -0.4 is 4.74 Å². The molecule has 0 aliphatic carbocycles. The largest absolute Gasteiger partial charge is 0.496 e. The molecule has 1 atom stereocenters. The number of aliphatic hydroxyl groups excluding tert-OH is 2. The number of carbonyl (C=O) groups is 1. The van der Waals surface area contributed by atoms with E-state index in [0.717, 1.165) is 69.6 Å². The highest BCUT2D eigenvalue weighted by molar-refractivity contribution is 6.20. The second-order valence-electron chi connectivity index (χ2n) is 7.76. The van der Waals surface area contributed by atoms with Crippen molar-refractivity contribution in [3.8, 4) is 5.75 Å². The molecule has 1 saturated heterocycles. The van der Waals surface area contributed by atoms with E-state index in [1.165, 1.54) is 0 Å². The molecule has 5 heteroatoms. The molecular weight excluding hydrogens is 354 g/mol. The Morgan fingerprint density at radius 2 is 1.89 bits per heavy atom. The molecule has 2 heterocycles. The van der Waals surface area contributed by atoms with Crippen molar-refractivity contribution in [1.82, 2.24) is 4.90 Å². The number of nitrogens with zero attached hydrogens (tertiary/aromatic N) is 1. The Kier molecular flexibility index (Phi) is 4.03. The third-order valence-corrected chi connectivity index (χ3v) is 6.34. The molecule has 2 N–H and O–H groups in total. The van der Waals surface area contributed by atoms with Gasteiger partial charge in [-0.05, 0) is 70.1 Å². The summed E-state index contributed by atoms with van der Waals surface area (Å²) in [4.78, 5) is 15.4. The van der Waals surface area contributed by atoms with Crippen LogP contribution >= 0.6 is 0 Å². The number of ether oxygens (including phenoxy) is 1. The number of hydrogen-bond acceptors (Lipinski definition) is 4. The Morgan fingerprint density at radius 3 is 2.64 bits per heavy atom. The van der Waals surface area contributed by atoms with Gasteiger partial charge in [0, 0.05) is 18.2 Å². The fraction of sp³-hybridized carbons (Fsp3) is 0.348. The molecule has 2 aliphatic heterocycles. The van der Waals surface area contributed by atoms with Gasteiger partial charge in [0.05, 0.1) is 25.9 Å². The minimum Gasteiger partial charge on any atom is -0.496 e. The number of fused-ring (bicyclic) bond motifs is 7. The van der Waals surface area contributed by atoms with E-state index in [0.29, 0.717) is 5.75 Å². The zero-order valence-corrected chi connectivity index (χ0v) is 15.9. The average molecular weight is 377 g/mol. The molecule has 5 nitrogen and oxygen atoms in total. The van der Waals surface area contributed by atoms with Gasteiger partial charge in [-0.2, -0.15) is 0 Å². The molecule has 0 aromatic heterocycles. The van der Waals surface area contributed by atoms with Gasteiger partial charge in [0.25, 0.3) is 5.91 Å². The van der Waals surface area contributed by atoms with Crippen LogP contribution in [0.2, 0.25) is 0 Å². The van der Waals surface area contributed by atoms with E-state index in [1.54, 1.807) is 7.11 Å². The smallest absolute Gasteiger partial charge is 0.255 e. The SMILES string of the molecule is COc1cc2c3c(c4ccc(CO)cc4c2cc1CO)C(=O)N1CCCC1C3. The van der Waals surface area contributed by atoms with Crippen LogP contribution in [0.1, 0.15) is 39.9 Å².